The van der Waals surface area contributed by atoms with Gasteiger partial charge in [-0.05, 0) is 25.7 Å². The van der Waals surface area contributed by atoms with E-state index in [1.54, 1.807) is 0 Å². The smallest absolute Gasteiger partial charge is 0.188 e. The lowest BCUT2D eigenvalue weighted by Gasteiger charge is -2.12. The van der Waals surface area contributed by atoms with E-state index in [1.165, 1.54) is 25.7 Å². The Labute approximate surface area is 124 Å². The van der Waals surface area contributed by atoms with Gasteiger partial charge in [0.05, 0.1) is 0 Å². The number of rotatable bonds is 0. The summed E-state index contributed by atoms with van der Waals surface area (Å²) < 4.78 is 34.1. The molecule has 0 radical (unpaired) electrons. The maximum Gasteiger partial charge on any atom is 0.188 e. The molecule has 0 aromatic heterocycles. The number of hydrogen-bond acceptors (Lipinski definition) is 6. The molecule has 10 nitrogen and oxygen atoms in total. The molecule has 0 unspecified atom stereocenters. The minimum absolute atomic E-state index is 0.225. The molecule has 2 fully saturated rings. The first kappa shape index (κ1) is 19.4. The summed E-state index contributed by atoms with van der Waals surface area (Å²) in [6.07, 6.45) is 4.78. The highest BCUT2D eigenvalue weighted by atomic mass is 32.3. The molecular weight excluding hydrogens is 300 g/mol. The molecule has 2 rings (SSSR count). The van der Waals surface area contributed by atoms with E-state index < -0.39 is 10.4 Å². The van der Waals surface area contributed by atoms with Crippen molar-refractivity contribution in [2.24, 2.45) is 11.5 Å². The van der Waals surface area contributed by atoms with Gasteiger partial charge in [0.15, 0.2) is 11.9 Å². The maximum atomic E-state index is 8.52. The van der Waals surface area contributed by atoms with E-state index in [4.69, 9.17) is 39.8 Å². The highest BCUT2D eigenvalue weighted by molar-refractivity contribution is 7.79. The number of nitrogens with one attached hydrogen (secondary N) is 2. The molecule has 0 spiro atoms. The van der Waals surface area contributed by atoms with E-state index in [1.807, 2.05) is 9.80 Å². The van der Waals surface area contributed by atoms with Crippen molar-refractivity contribution in [3.05, 3.63) is 0 Å². The lowest BCUT2D eigenvalue weighted by molar-refractivity contribution is 0.352. The Morgan fingerprint density at radius 3 is 1.10 bits per heavy atom. The zero-order chi connectivity index (χ0) is 16.5. The Morgan fingerprint density at radius 1 is 0.810 bits per heavy atom. The van der Waals surface area contributed by atoms with Crippen LogP contribution in [0.4, 0.5) is 0 Å². The van der Waals surface area contributed by atoms with Gasteiger partial charge >= 0.3 is 0 Å². The lowest BCUT2D eigenvalue weighted by Crippen LogP contribution is -2.33. The van der Waals surface area contributed by atoms with Crippen molar-refractivity contribution >= 4 is 22.3 Å². The number of guanidine groups is 2. The van der Waals surface area contributed by atoms with Gasteiger partial charge in [0.25, 0.3) is 0 Å². The second-order valence-electron chi connectivity index (χ2n) is 4.57. The normalized spacial score (nSPS) is 17.4. The molecule has 0 aromatic rings. The number of nitrogens with zero attached hydrogens (tertiary/aromatic N) is 2. The van der Waals surface area contributed by atoms with Crippen molar-refractivity contribution in [2.45, 2.75) is 25.7 Å². The van der Waals surface area contributed by atoms with Crippen molar-refractivity contribution in [3.63, 3.8) is 0 Å². The molecule has 0 saturated carbocycles. The van der Waals surface area contributed by atoms with Crippen molar-refractivity contribution in [2.75, 3.05) is 26.2 Å². The fourth-order valence-corrected chi connectivity index (χ4v) is 1.92. The number of nitrogens with two attached hydrogens (primary N) is 2. The Balaban J connectivity index is 0.000000296. The summed E-state index contributed by atoms with van der Waals surface area (Å²) in [5.41, 5.74) is 10.4. The Kier molecular flexibility index (Phi) is 8.66. The SMILES string of the molecule is N=C(N)N1CCCC1.N=C(N)N1CCCC1.O=S(=O)([O-])[O-]. The van der Waals surface area contributed by atoms with Crippen LogP contribution in [0, 0.1) is 10.8 Å². The van der Waals surface area contributed by atoms with Crippen LogP contribution in [0.1, 0.15) is 25.7 Å². The quantitative estimate of drug-likeness (QED) is 0.181. The van der Waals surface area contributed by atoms with Gasteiger partial charge in [-0.2, -0.15) is 0 Å². The molecule has 21 heavy (non-hydrogen) atoms. The monoisotopic (exact) mass is 322 g/mol. The molecule has 0 amide bonds. The van der Waals surface area contributed by atoms with Crippen molar-refractivity contribution in [1.29, 1.82) is 10.8 Å². The molecule has 0 aromatic carbocycles. The average molecular weight is 322 g/mol. The van der Waals surface area contributed by atoms with Crippen LogP contribution in [0.2, 0.25) is 0 Å². The van der Waals surface area contributed by atoms with Crippen LogP contribution in [-0.2, 0) is 10.4 Å². The second-order valence-corrected chi connectivity index (χ2v) is 5.38. The molecular formula is C10H22N6O4S-2. The number of likely N-dealkylation sites (tertiary alicyclic amines) is 2. The zero-order valence-corrected chi connectivity index (χ0v) is 12.6. The van der Waals surface area contributed by atoms with Gasteiger partial charge in [-0.3, -0.25) is 19.2 Å². The van der Waals surface area contributed by atoms with Crippen molar-refractivity contribution in [1.82, 2.24) is 9.80 Å². The second kappa shape index (κ2) is 9.37. The van der Waals surface area contributed by atoms with Crippen LogP contribution >= 0.6 is 0 Å². The third-order valence-corrected chi connectivity index (χ3v) is 2.89. The largest absolute Gasteiger partial charge is 0.759 e. The number of hydrogen-bond donors (Lipinski definition) is 4. The summed E-state index contributed by atoms with van der Waals surface area (Å²) in [5, 5.41) is 14.0. The van der Waals surface area contributed by atoms with Gasteiger partial charge < -0.3 is 30.4 Å². The fourth-order valence-electron chi connectivity index (χ4n) is 1.92. The Hall–Kier alpha value is -1.59. The van der Waals surface area contributed by atoms with Crippen LogP contribution in [0.5, 0.6) is 0 Å². The topological polar surface area (TPSA) is 186 Å². The predicted octanol–water partition coefficient (Wildman–Crippen LogP) is -1.39. The standard InChI is InChI=1S/2C5H11N3.H2O4S/c2*6-5(7)8-3-1-2-4-8;1-5(2,3)4/h2*1-4H2,(H3,6,7);(H2,1,2,3,4)/p-2. The van der Waals surface area contributed by atoms with Crippen LogP contribution < -0.4 is 11.5 Å². The predicted molar refractivity (Wildman–Crippen MR) is 75.9 cm³/mol. The molecule has 0 atom stereocenters. The van der Waals surface area contributed by atoms with E-state index in [2.05, 4.69) is 0 Å². The van der Waals surface area contributed by atoms with Crippen LogP contribution in [0.3, 0.4) is 0 Å². The summed E-state index contributed by atoms with van der Waals surface area (Å²) in [6.45, 7) is 3.93. The van der Waals surface area contributed by atoms with Gasteiger partial charge in [-0.1, -0.05) is 0 Å². The van der Waals surface area contributed by atoms with Gasteiger partial charge in [-0.15, -0.1) is 0 Å². The van der Waals surface area contributed by atoms with Crippen molar-refractivity contribution in [3.8, 4) is 0 Å². The molecule has 2 saturated heterocycles. The summed E-state index contributed by atoms with van der Waals surface area (Å²) in [4.78, 5) is 3.78. The first-order valence-corrected chi connectivity index (χ1v) is 7.79. The van der Waals surface area contributed by atoms with E-state index in [-0.39, 0.29) is 11.9 Å². The molecule has 6 N–H and O–H groups in total. The third-order valence-electron chi connectivity index (χ3n) is 2.89. The van der Waals surface area contributed by atoms with Crippen molar-refractivity contribution < 1.29 is 17.5 Å². The molecule has 11 heteroatoms. The minimum Gasteiger partial charge on any atom is -0.759 e. The van der Waals surface area contributed by atoms with Crippen LogP contribution in [0.15, 0.2) is 0 Å². The lowest BCUT2D eigenvalue weighted by atomic mass is 10.4. The average Bonchev–Trinajstić information content (AvgIpc) is 3.02. The van der Waals surface area contributed by atoms with E-state index in [0.29, 0.717) is 0 Å². The summed E-state index contributed by atoms with van der Waals surface area (Å²) in [7, 11) is -5.17. The molecule has 2 aliphatic rings. The highest BCUT2D eigenvalue weighted by Gasteiger charge is 2.11. The highest BCUT2D eigenvalue weighted by Crippen LogP contribution is 2.05. The van der Waals surface area contributed by atoms with Gasteiger partial charge in [-0.25, -0.2) is 0 Å². The zero-order valence-electron chi connectivity index (χ0n) is 11.7. The maximum absolute atomic E-state index is 8.52. The van der Waals surface area contributed by atoms with E-state index in [9.17, 15) is 0 Å². The molecule has 0 bridgehead atoms. The first-order valence-electron chi connectivity index (χ1n) is 6.46. The minimum atomic E-state index is -5.17. The summed E-state index contributed by atoms with van der Waals surface area (Å²) in [5.74, 6) is 0.449. The summed E-state index contributed by atoms with van der Waals surface area (Å²) in [6, 6.07) is 0. The van der Waals surface area contributed by atoms with E-state index in [0.717, 1.165) is 26.2 Å². The first-order chi connectivity index (χ1) is 9.61. The fraction of sp³-hybridized carbons (Fsp3) is 0.800. The van der Waals surface area contributed by atoms with Gasteiger partial charge in [0, 0.05) is 36.6 Å². The summed E-state index contributed by atoms with van der Waals surface area (Å²) >= 11 is 0. The Bertz CT molecular complexity index is 395. The van der Waals surface area contributed by atoms with E-state index >= 15 is 0 Å². The van der Waals surface area contributed by atoms with Gasteiger partial charge in [0.2, 0.25) is 0 Å². The van der Waals surface area contributed by atoms with Crippen LogP contribution in [-0.4, -0.2) is 65.4 Å². The van der Waals surface area contributed by atoms with Crippen LogP contribution in [0.25, 0.3) is 0 Å². The third kappa shape index (κ3) is 11.9. The van der Waals surface area contributed by atoms with Gasteiger partial charge in [0.1, 0.15) is 0 Å². The molecule has 124 valence electrons. The molecule has 0 aliphatic carbocycles. The Morgan fingerprint density at radius 2 is 1.00 bits per heavy atom. The molecule has 2 heterocycles. The molecule has 2 aliphatic heterocycles.